The number of rotatable bonds is 13. The van der Waals surface area contributed by atoms with Crippen LogP contribution in [0.3, 0.4) is 0 Å². The molecule has 0 spiro atoms. The van der Waals surface area contributed by atoms with Crippen LogP contribution < -0.4 is 14.9 Å². The molecule has 12 heteroatoms. The summed E-state index contributed by atoms with van der Waals surface area (Å²) in [5.74, 6) is -0.767. The fourth-order valence-corrected chi connectivity index (χ4v) is 4.84. The van der Waals surface area contributed by atoms with E-state index in [1.165, 1.54) is 31.1 Å². The Labute approximate surface area is 205 Å². The summed E-state index contributed by atoms with van der Waals surface area (Å²) in [6, 6.07) is 7.45. The lowest BCUT2D eigenvalue weighted by Crippen LogP contribution is -2.37. The first-order valence-corrected chi connectivity index (χ1v) is 12.9. The zero-order valence-corrected chi connectivity index (χ0v) is 21.5. The summed E-state index contributed by atoms with van der Waals surface area (Å²) < 4.78 is 36.0. The summed E-state index contributed by atoms with van der Waals surface area (Å²) in [6.07, 6.45) is 2.13. The van der Waals surface area contributed by atoms with Gasteiger partial charge < -0.3 is 19.3 Å². The standard InChI is InChI=1S/C23H34N3O8P/c1-16(2)32-23(29)18(4)25-35(30,34-19-9-7-6-8-10-19)31-14-20-13-17(3)22(33-20)26(15-27)12-11-21(28)24-5/h6-12,15-18,20,22H,13-14H2,1-5H3,(H,24,28)(H,25,30)/b12-11-/t17?,18-,20?,22?,35?/m0/s1. The summed E-state index contributed by atoms with van der Waals surface area (Å²) in [6.45, 7) is 6.68. The molecule has 11 nitrogen and oxygen atoms in total. The number of likely N-dealkylation sites (N-methyl/N-ethyl adjacent to an activating group) is 1. The lowest BCUT2D eigenvalue weighted by molar-refractivity contribution is -0.149. The molecular weight excluding hydrogens is 477 g/mol. The van der Waals surface area contributed by atoms with Crippen LogP contribution in [-0.4, -0.2) is 61.3 Å². The van der Waals surface area contributed by atoms with Gasteiger partial charge in [0, 0.05) is 25.2 Å². The van der Waals surface area contributed by atoms with E-state index in [0.717, 1.165) is 0 Å². The van der Waals surface area contributed by atoms with E-state index >= 15 is 0 Å². The number of carbonyl (C=O) groups is 3. The average Bonchev–Trinajstić information content (AvgIpc) is 3.18. The fourth-order valence-electron chi connectivity index (χ4n) is 3.32. The molecular formula is C23H34N3O8P. The van der Waals surface area contributed by atoms with Crippen LogP contribution in [0.5, 0.6) is 5.75 Å². The first-order valence-electron chi connectivity index (χ1n) is 11.3. The van der Waals surface area contributed by atoms with Crippen LogP contribution in [0.25, 0.3) is 0 Å². The Morgan fingerprint density at radius 1 is 1.26 bits per heavy atom. The number of nitrogens with zero attached hydrogens (tertiary/aromatic N) is 1. The third-order valence-corrected chi connectivity index (χ3v) is 6.61. The largest absolute Gasteiger partial charge is 0.462 e. The van der Waals surface area contributed by atoms with Crippen LogP contribution in [0.2, 0.25) is 0 Å². The summed E-state index contributed by atoms with van der Waals surface area (Å²) in [4.78, 5) is 36.5. The van der Waals surface area contributed by atoms with E-state index in [1.807, 2.05) is 6.92 Å². The molecule has 1 aromatic rings. The van der Waals surface area contributed by atoms with Gasteiger partial charge in [-0.15, -0.1) is 0 Å². The summed E-state index contributed by atoms with van der Waals surface area (Å²) in [7, 11) is -2.55. The Balaban J connectivity index is 2.09. The molecule has 194 valence electrons. The number of ether oxygens (including phenoxy) is 2. The molecule has 2 N–H and O–H groups in total. The SMILES string of the molecule is CNC(=O)/C=C\N(C=O)C1OC(COP(=O)(N[C@@H](C)C(=O)OC(C)C)Oc2ccccc2)CC1C. The predicted octanol–water partition coefficient (Wildman–Crippen LogP) is 2.59. The minimum atomic E-state index is -4.03. The molecule has 0 radical (unpaired) electrons. The second kappa shape index (κ2) is 13.4. The molecule has 0 aliphatic carbocycles. The van der Waals surface area contributed by atoms with Gasteiger partial charge in [0.1, 0.15) is 18.0 Å². The van der Waals surface area contributed by atoms with Crippen molar-refractivity contribution in [2.75, 3.05) is 13.7 Å². The first kappa shape index (κ1) is 28.5. The van der Waals surface area contributed by atoms with E-state index in [0.29, 0.717) is 12.8 Å². The van der Waals surface area contributed by atoms with Gasteiger partial charge in [-0.3, -0.25) is 23.8 Å². The van der Waals surface area contributed by atoms with Gasteiger partial charge >= 0.3 is 13.7 Å². The lowest BCUT2D eigenvalue weighted by atomic mass is 10.1. The van der Waals surface area contributed by atoms with Crippen molar-refractivity contribution in [1.82, 2.24) is 15.3 Å². The summed E-state index contributed by atoms with van der Waals surface area (Å²) in [5, 5.41) is 5.06. The van der Waals surface area contributed by atoms with E-state index in [4.69, 9.17) is 18.5 Å². The number of benzene rings is 1. The number of esters is 1. The van der Waals surface area contributed by atoms with E-state index in [-0.39, 0.29) is 30.3 Å². The van der Waals surface area contributed by atoms with Crippen molar-refractivity contribution >= 4 is 26.0 Å². The Morgan fingerprint density at radius 2 is 1.94 bits per heavy atom. The maximum absolute atomic E-state index is 13.6. The maximum atomic E-state index is 13.6. The maximum Gasteiger partial charge on any atom is 0.459 e. The highest BCUT2D eigenvalue weighted by Crippen LogP contribution is 2.46. The van der Waals surface area contributed by atoms with Gasteiger partial charge in [-0.1, -0.05) is 25.1 Å². The second-order valence-corrected chi connectivity index (χ2v) is 10.1. The number of carbonyl (C=O) groups excluding carboxylic acids is 3. The molecule has 4 unspecified atom stereocenters. The van der Waals surface area contributed by atoms with Gasteiger partial charge in [0.2, 0.25) is 12.3 Å². The molecule has 1 aromatic carbocycles. The highest BCUT2D eigenvalue weighted by atomic mass is 31.2. The highest BCUT2D eigenvalue weighted by molar-refractivity contribution is 7.52. The minimum absolute atomic E-state index is 0.0922. The van der Waals surface area contributed by atoms with Crippen LogP contribution in [0.4, 0.5) is 0 Å². The minimum Gasteiger partial charge on any atom is -0.462 e. The highest BCUT2D eigenvalue weighted by Gasteiger charge is 2.39. The molecule has 1 saturated heterocycles. The molecule has 5 atom stereocenters. The van der Waals surface area contributed by atoms with Crippen molar-refractivity contribution in [3.05, 3.63) is 42.6 Å². The van der Waals surface area contributed by atoms with E-state index < -0.39 is 32.1 Å². The quantitative estimate of drug-likeness (QED) is 0.177. The molecule has 35 heavy (non-hydrogen) atoms. The number of nitrogens with one attached hydrogen (secondary N) is 2. The van der Waals surface area contributed by atoms with Crippen molar-refractivity contribution in [1.29, 1.82) is 0 Å². The molecule has 2 rings (SSSR count). The molecule has 1 aliphatic rings. The molecule has 1 fully saturated rings. The van der Waals surface area contributed by atoms with Gasteiger partial charge in [0.05, 0.1) is 18.8 Å². The zero-order valence-electron chi connectivity index (χ0n) is 20.6. The topological polar surface area (TPSA) is 132 Å². The van der Waals surface area contributed by atoms with Crippen LogP contribution in [-0.2, 0) is 32.9 Å². The predicted molar refractivity (Wildman–Crippen MR) is 128 cm³/mol. The zero-order chi connectivity index (χ0) is 26.0. The van der Waals surface area contributed by atoms with Crippen molar-refractivity contribution < 1.29 is 37.5 Å². The van der Waals surface area contributed by atoms with Crippen molar-refractivity contribution in [2.24, 2.45) is 5.92 Å². The number of para-hydroxylation sites is 1. The Kier molecular flexibility index (Phi) is 10.9. The first-order chi connectivity index (χ1) is 16.6. The van der Waals surface area contributed by atoms with Crippen LogP contribution >= 0.6 is 7.75 Å². The monoisotopic (exact) mass is 511 g/mol. The molecule has 0 saturated carbocycles. The average molecular weight is 512 g/mol. The van der Waals surface area contributed by atoms with Gasteiger partial charge in [-0.05, 0) is 39.3 Å². The van der Waals surface area contributed by atoms with Crippen molar-refractivity contribution in [3.63, 3.8) is 0 Å². The summed E-state index contributed by atoms with van der Waals surface area (Å²) >= 11 is 0. The molecule has 0 aromatic heterocycles. The number of amides is 2. The van der Waals surface area contributed by atoms with Crippen molar-refractivity contribution in [3.8, 4) is 5.75 Å². The van der Waals surface area contributed by atoms with Crippen LogP contribution in [0.15, 0.2) is 42.6 Å². The smallest absolute Gasteiger partial charge is 0.459 e. The number of hydrogen-bond donors (Lipinski definition) is 2. The van der Waals surface area contributed by atoms with Crippen molar-refractivity contribution in [2.45, 2.75) is 58.6 Å². The third kappa shape index (κ3) is 9.10. The van der Waals surface area contributed by atoms with Gasteiger partial charge in [-0.2, -0.15) is 5.09 Å². The normalized spacial score (nSPS) is 22.4. The Morgan fingerprint density at radius 3 is 2.54 bits per heavy atom. The molecule has 1 heterocycles. The Hall–Kier alpha value is -2.72. The fraction of sp³-hybridized carbons (Fsp3) is 0.522. The Bertz CT molecular complexity index is 927. The molecule has 0 bridgehead atoms. The van der Waals surface area contributed by atoms with Gasteiger partial charge in [0.25, 0.3) is 0 Å². The van der Waals surface area contributed by atoms with E-state index in [2.05, 4.69) is 10.4 Å². The number of hydrogen-bond acceptors (Lipinski definition) is 8. The van der Waals surface area contributed by atoms with Crippen LogP contribution in [0, 0.1) is 5.92 Å². The van der Waals surface area contributed by atoms with Crippen LogP contribution in [0.1, 0.15) is 34.1 Å². The third-order valence-electron chi connectivity index (χ3n) is 4.97. The van der Waals surface area contributed by atoms with E-state index in [9.17, 15) is 18.9 Å². The van der Waals surface area contributed by atoms with Gasteiger partial charge in [-0.25, -0.2) is 4.57 Å². The lowest BCUT2D eigenvalue weighted by Gasteiger charge is -2.25. The summed E-state index contributed by atoms with van der Waals surface area (Å²) in [5.41, 5.74) is 0. The second-order valence-electron chi connectivity index (χ2n) is 8.38. The molecule has 1 aliphatic heterocycles. The molecule has 2 amide bonds. The van der Waals surface area contributed by atoms with E-state index in [1.54, 1.807) is 44.2 Å². The van der Waals surface area contributed by atoms with Gasteiger partial charge in [0.15, 0.2) is 0 Å².